The molecule has 0 aliphatic carbocycles. The molecule has 9 nitrogen and oxygen atoms in total. The van der Waals surface area contributed by atoms with Gasteiger partial charge in [0.25, 0.3) is 0 Å². The van der Waals surface area contributed by atoms with Gasteiger partial charge in [0.05, 0.1) is 26.6 Å². The van der Waals surface area contributed by atoms with E-state index >= 15 is 0 Å². The van der Waals surface area contributed by atoms with Crippen molar-refractivity contribution in [3.63, 3.8) is 0 Å². The van der Waals surface area contributed by atoms with Crippen LogP contribution < -0.4 is 5.73 Å². The Hall–Kier alpha value is -3.43. The minimum Gasteiger partial charge on any atom is -0.481 e. The SMILES string of the molecule is COC(=O)C[C@@H](C(=O)O)c1ccccc1C.COC(=O)Cl.Cc1ccccc1[C@@H](N)C(=O)O. The third kappa shape index (κ3) is 11.1. The van der Waals surface area contributed by atoms with Gasteiger partial charge in [-0.1, -0.05) is 48.5 Å². The first-order valence-electron chi connectivity index (χ1n) is 9.58. The number of carboxylic acids is 2. The number of hydrogen-bond acceptors (Lipinski definition) is 7. The van der Waals surface area contributed by atoms with Gasteiger partial charge >= 0.3 is 23.3 Å². The van der Waals surface area contributed by atoms with E-state index in [0.29, 0.717) is 11.1 Å². The molecule has 0 aliphatic rings. The Labute approximate surface area is 197 Å². The lowest BCUT2D eigenvalue weighted by molar-refractivity contribution is -0.147. The molecule has 0 aromatic heterocycles. The summed E-state index contributed by atoms with van der Waals surface area (Å²) in [7, 11) is 2.47. The van der Waals surface area contributed by atoms with Crippen LogP contribution in [0.2, 0.25) is 0 Å². The quantitative estimate of drug-likeness (QED) is 0.412. The number of carboxylic acid groups (broad SMARTS) is 2. The molecule has 0 spiro atoms. The molecule has 0 saturated carbocycles. The van der Waals surface area contributed by atoms with Crippen molar-refractivity contribution >= 4 is 34.9 Å². The fraction of sp³-hybridized carbons (Fsp3) is 0.304. The van der Waals surface area contributed by atoms with Crippen molar-refractivity contribution in [2.45, 2.75) is 32.2 Å². The number of esters is 1. The van der Waals surface area contributed by atoms with Crippen LogP contribution in [0.15, 0.2) is 48.5 Å². The second-order valence-electron chi connectivity index (χ2n) is 6.64. The number of aryl methyl sites for hydroxylation is 2. The number of carbonyl (C=O) groups excluding carboxylic acids is 2. The molecule has 2 atom stereocenters. The number of hydrogen-bond donors (Lipinski definition) is 3. The van der Waals surface area contributed by atoms with E-state index in [2.05, 4.69) is 21.1 Å². The molecule has 0 unspecified atom stereocenters. The number of benzene rings is 2. The number of halogens is 1. The molecule has 0 bridgehead atoms. The molecule has 2 aromatic carbocycles. The maximum atomic E-state index is 11.1. The summed E-state index contributed by atoms with van der Waals surface area (Å²) >= 11 is 4.60. The van der Waals surface area contributed by atoms with Gasteiger partial charge in [0.15, 0.2) is 0 Å². The van der Waals surface area contributed by atoms with Crippen LogP contribution in [0.25, 0.3) is 0 Å². The fourth-order valence-corrected chi connectivity index (χ4v) is 2.63. The number of methoxy groups -OCH3 is 2. The van der Waals surface area contributed by atoms with Crippen molar-refractivity contribution in [1.82, 2.24) is 0 Å². The highest BCUT2D eigenvalue weighted by molar-refractivity contribution is 6.61. The number of ether oxygens (including phenoxy) is 2. The first-order valence-corrected chi connectivity index (χ1v) is 9.96. The maximum Gasteiger partial charge on any atom is 0.403 e. The lowest BCUT2D eigenvalue weighted by atomic mass is 9.92. The average molecular weight is 482 g/mol. The number of carbonyl (C=O) groups is 4. The Kier molecular flexibility index (Phi) is 13.8. The lowest BCUT2D eigenvalue weighted by Crippen LogP contribution is -2.21. The van der Waals surface area contributed by atoms with Crippen molar-refractivity contribution < 1.29 is 38.9 Å². The van der Waals surface area contributed by atoms with Gasteiger partial charge in [0, 0.05) is 11.6 Å². The predicted molar refractivity (Wildman–Crippen MR) is 122 cm³/mol. The summed E-state index contributed by atoms with van der Waals surface area (Å²) in [4.78, 5) is 42.1. The summed E-state index contributed by atoms with van der Waals surface area (Å²) in [6.07, 6.45) is -0.142. The highest BCUT2D eigenvalue weighted by Crippen LogP contribution is 2.23. The van der Waals surface area contributed by atoms with E-state index in [1.807, 2.05) is 38.1 Å². The highest BCUT2D eigenvalue weighted by atomic mass is 35.5. The minimum atomic E-state index is -1.01. The fourth-order valence-electron chi connectivity index (χ4n) is 2.63. The molecule has 2 aromatic rings. The number of aliphatic carboxylic acids is 2. The molecular formula is C23H28ClNO8. The lowest BCUT2D eigenvalue weighted by Gasteiger charge is -2.13. The zero-order valence-electron chi connectivity index (χ0n) is 18.8. The molecule has 0 radical (unpaired) electrons. The van der Waals surface area contributed by atoms with Crippen LogP contribution in [0.1, 0.15) is 40.6 Å². The summed E-state index contributed by atoms with van der Waals surface area (Å²) in [6, 6.07) is 13.4. The molecule has 180 valence electrons. The van der Waals surface area contributed by atoms with Crippen molar-refractivity contribution in [3.8, 4) is 0 Å². The normalized spacial score (nSPS) is 11.3. The van der Waals surface area contributed by atoms with E-state index in [1.165, 1.54) is 14.2 Å². The first kappa shape index (κ1) is 29.6. The molecule has 33 heavy (non-hydrogen) atoms. The van der Waals surface area contributed by atoms with Gasteiger partial charge in [-0.3, -0.25) is 14.4 Å². The molecule has 0 saturated heterocycles. The van der Waals surface area contributed by atoms with Gasteiger partial charge in [-0.15, -0.1) is 0 Å². The summed E-state index contributed by atoms with van der Waals surface area (Å²) in [6.45, 7) is 3.67. The average Bonchev–Trinajstić information content (AvgIpc) is 2.78. The van der Waals surface area contributed by atoms with Gasteiger partial charge in [0.1, 0.15) is 6.04 Å². The van der Waals surface area contributed by atoms with Gasteiger partial charge in [-0.25, -0.2) is 4.79 Å². The van der Waals surface area contributed by atoms with Gasteiger partial charge in [0.2, 0.25) is 0 Å². The van der Waals surface area contributed by atoms with Gasteiger partial charge in [-0.2, -0.15) is 0 Å². The van der Waals surface area contributed by atoms with Crippen molar-refractivity contribution in [3.05, 3.63) is 70.8 Å². The standard InChI is InChI=1S/C12H14O4.C9H11NO2.C2H3ClO2/c1-8-5-3-4-6-9(8)10(12(14)15)7-11(13)16-2;1-6-4-2-3-5-7(6)8(10)9(11)12;1-5-2(3)4/h3-6,10H,7H2,1-2H3,(H,14,15);2-5,8H,10H2,1H3,(H,11,12);1H3/t10-;8-;/m11./s1. The Morgan fingerprint density at radius 2 is 1.27 bits per heavy atom. The zero-order valence-corrected chi connectivity index (χ0v) is 19.5. The van der Waals surface area contributed by atoms with Gasteiger partial charge < -0.3 is 25.4 Å². The Morgan fingerprint density at radius 3 is 1.61 bits per heavy atom. The topological polar surface area (TPSA) is 153 Å². The second kappa shape index (κ2) is 15.4. The van der Waals surface area contributed by atoms with E-state index in [9.17, 15) is 19.2 Å². The first-order chi connectivity index (χ1) is 15.5. The van der Waals surface area contributed by atoms with E-state index < -0.39 is 35.3 Å². The molecule has 0 amide bonds. The van der Waals surface area contributed by atoms with E-state index in [4.69, 9.17) is 15.9 Å². The summed E-state index contributed by atoms with van der Waals surface area (Å²) < 4.78 is 8.37. The van der Waals surface area contributed by atoms with Crippen molar-refractivity contribution in [2.75, 3.05) is 14.2 Å². The smallest absolute Gasteiger partial charge is 0.403 e. The molecule has 10 heteroatoms. The third-order valence-corrected chi connectivity index (χ3v) is 4.56. The van der Waals surface area contributed by atoms with Crippen molar-refractivity contribution in [1.29, 1.82) is 0 Å². The van der Waals surface area contributed by atoms with Crippen LogP contribution in [0.4, 0.5) is 4.79 Å². The van der Waals surface area contributed by atoms with Crippen LogP contribution in [-0.2, 0) is 23.9 Å². The Balaban J connectivity index is 0.000000530. The summed E-state index contributed by atoms with van der Waals surface area (Å²) in [5.41, 5.74) is 7.76. The van der Waals surface area contributed by atoms with Crippen LogP contribution in [0.5, 0.6) is 0 Å². The van der Waals surface area contributed by atoms with Crippen LogP contribution in [0.3, 0.4) is 0 Å². The third-order valence-electron chi connectivity index (χ3n) is 4.41. The summed E-state index contributed by atoms with van der Waals surface area (Å²) in [5, 5.41) is 17.7. The zero-order chi connectivity index (χ0) is 25.6. The number of rotatable bonds is 6. The predicted octanol–water partition coefficient (Wildman–Crippen LogP) is 3.80. The monoisotopic (exact) mass is 481 g/mol. The number of nitrogens with two attached hydrogens (primary N) is 1. The minimum absolute atomic E-state index is 0.142. The maximum absolute atomic E-state index is 11.1. The van der Waals surface area contributed by atoms with Crippen molar-refractivity contribution in [2.24, 2.45) is 5.73 Å². The Bertz CT molecular complexity index is 948. The molecule has 0 aliphatic heterocycles. The molecule has 2 rings (SSSR count). The molecule has 4 N–H and O–H groups in total. The van der Waals surface area contributed by atoms with E-state index in [0.717, 1.165) is 11.1 Å². The molecule has 0 fully saturated rings. The Morgan fingerprint density at radius 1 is 0.848 bits per heavy atom. The molecule has 0 heterocycles. The second-order valence-corrected chi connectivity index (χ2v) is 6.95. The van der Waals surface area contributed by atoms with Crippen LogP contribution in [0, 0.1) is 13.8 Å². The summed E-state index contributed by atoms with van der Waals surface area (Å²) in [5.74, 6) is -3.37. The van der Waals surface area contributed by atoms with E-state index in [-0.39, 0.29) is 6.42 Å². The highest BCUT2D eigenvalue weighted by Gasteiger charge is 2.24. The van der Waals surface area contributed by atoms with Crippen LogP contribution >= 0.6 is 11.6 Å². The van der Waals surface area contributed by atoms with Gasteiger partial charge in [-0.05, 0) is 36.1 Å². The van der Waals surface area contributed by atoms with E-state index in [1.54, 1.807) is 24.3 Å². The van der Waals surface area contributed by atoms with Crippen LogP contribution in [-0.4, -0.2) is 47.8 Å². The largest absolute Gasteiger partial charge is 0.481 e. The molecular weight excluding hydrogens is 454 g/mol.